The molecular formula is C15H17N3O. The van der Waals surface area contributed by atoms with Crippen molar-refractivity contribution in [1.29, 1.82) is 0 Å². The van der Waals surface area contributed by atoms with Gasteiger partial charge in [-0.15, -0.1) is 0 Å². The lowest BCUT2D eigenvalue weighted by atomic mass is 10.1. The average molecular weight is 255 g/mol. The summed E-state index contributed by atoms with van der Waals surface area (Å²) in [4.78, 5) is 8.58. The Morgan fingerprint density at radius 2 is 2.21 bits per heavy atom. The summed E-state index contributed by atoms with van der Waals surface area (Å²) in [6.45, 7) is 2.63. The zero-order valence-electron chi connectivity index (χ0n) is 10.9. The van der Waals surface area contributed by atoms with Gasteiger partial charge in [-0.3, -0.25) is 9.97 Å². The van der Waals surface area contributed by atoms with E-state index in [9.17, 15) is 5.11 Å². The summed E-state index contributed by atoms with van der Waals surface area (Å²) in [6, 6.07) is 6.04. The fraction of sp³-hybridized carbons (Fsp3) is 0.333. The topological polar surface area (TPSA) is 58.0 Å². The van der Waals surface area contributed by atoms with Crippen molar-refractivity contribution in [1.82, 2.24) is 15.3 Å². The van der Waals surface area contributed by atoms with E-state index in [1.165, 1.54) is 5.56 Å². The third-order valence-electron chi connectivity index (χ3n) is 3.61. The maximum atomic E-state index is 9.81. The fourth-order valence-corrected chi connectivity index (χ4v) is 2.59. The van der Waals surface area contributed by atoms with E-state index in [1.54, 1.807) is 18.5 Å². The van der Waals surface area contributed by atoms with E-state index in [0.717, 1.165) is 29.8 Å². The third-order valence-corrected chi connectivity index (χ3v) is 3.61. The lowest BCUT2D eigenvalue weighted by Gasteiger charge is -2.13. The quantitative estimate of drug-likeness (QED) is 0.883. The van der Waals surface area contributed by atoms with E-state index in [0.29, 0.717) is 18.3 Å². The summed E-state index contributed by atoms with van der Waals surface area (Å²) in [6.07, 6.45) is 5.54. The van der Waals surface area contributed by atoms with Crippen molar-refractivity contribution in [2.75, 3.05) is 0 Å². The molecule has 1 aliphatic rings. The summed E-state index contributed by atoms with van der Waals surface area (Å²) < 4.78 is 0. The third kappa shape index (κ3) is 2.44. The van der Waals surface area contributed by atoms with Crippen LogP contribution in [0.15, 0.2) is 30.6 Å². The number of phenolic OH excluding ortho intramolecular Hbond substituents is 1. The zero-order chi connectivity index (χ0) is 13.2. The lowest BCUT2D eigenvalue weighted by molar-refractivity contribution is 0.469. The van der Waals surface area contributed by atoms with Crippen molar-refractivity contribution in [3.05, 3.63) is 53.1 Å². The standard InChI is InChI=1S/C15H17N3O/c1-10-7-17-11(8-16-10)9-18-14-6-5-13-12(14)3-2-4-15(13)19/h2-4,7-8,14,18-19H,5-6,9H2,1H3. The van der Waals surface area contributed by atoms with Crippen LogP contribution in [0, 0.1) is 6.92 Å². The Bertz CT molecular complexity index is 580. The molecule has 0 aliphatic heterocycles. The second-order valence-corrected chi connectivity index (χ2v) is 4.97. The number of nitrogens with zero attached hydrogens (tertiary/aromatic N) is 2. The van der Waals surface area contributed by atoms with Gasteiger partial charge in [-0.05, 0) is 37.0 Å². The number of phenols is 1. The van der Waals surface area contributed by atoms with E-state index < -0.39 is 0 Å². The normalized spacial score (nSPS) is 17.4. The van der Waals surface area contributed by atoms with Gasteiger partial charge in [0.25, 0.3) is 0 Å². The first kappa shape index (κ1) is 12.1. The number of hydrogen-bond acceptors (Lipinski definition) is 4. The van der Waals surface area contributed by atoms with Crippen LogP contribution >= 0.6 is 0 Å². The highest BCUT2D eigenvalue weighted by molar-refractivity contribution is 5.44. The Balaban J connectivity index is 1.70. The van der Waals surface area contributed by atoms with E-state index >= 15 is 0 Å². The van der Waals surface area contributed by atoms with E-state index in [1.807, 2.05) is 13.0 Å². The van der Waals surface area contributed by atoms with Crippen molar-refractivity contribution in [2.45, 2.75) is 32.4 Å². The van der Waals surface area contributed by atoms with Gasteiger partial charge in [0, 0.05) is 25.0 Å². The van der Waals surface area contributed by atoms with Gasteiger partial charge < -0.3 is 10.4 Å². The predicted octanol–water partition coefficient (Wildman–Crippen LogP) is 2.27. The van der Waals surface area contributed by atoms with Gasteiger partial charge in [0.1, 0.15) is 5.75 Å². The second-order valence-electron chi connectivity index (χ2n) is 4.97. The summed E-state index contributed by atoms with van der Waals surface area (Å²) in [7, 11) is 0. The Morgan fingerprint density at radius 3 is 3.00 bits per heavy atom. The summed E-state index contributed by atoms with van der Waals surface area (Å²) in [5.41, 5.74) is 4.16. The number of aromatic nitrogens is 2. The minimum absolute atomic E-state index is 0.296. The van der Waals surface area contributed by atoms with E-state index in [4.69, 9.17) is 0 Å². The van der Waals surface area contributed by atoms with Crippen LogP contribution in [-0.4, -0.2) is 15.1 Å². The molecule has 4 heteroatoms. The molecule has 0 radical (unpaired) electrons. The number of benzene rings is 1. The molecule has 4 nitrogen and oxygen atoms in total. The van der Waals surface area contributed by atoms with Crippen LogP contribution in [0.3, 0.4) is 0 Å². The molecule has 2 N–H and O–H groups in total. The highest BCUT2D eigenvalue weighted by Crippen LogP contribution is 2.36. The fourth-order valence-electron chi connectivity index (χ4n) is 2.59. The smallest absolute Gasteiger partial charge is 0.119 e. The Morgan fingerprint density at radius 1 is 1.32 bits per heavy atom. The Kier molecular flexibility index (Phi) is 3.17. The van der Waals surface area contributed by atoms with Gasteiger partial charge >= 0.3 is 0 Å². The van der Waals surface area contributed by atoms with Crippen LogP contribution < -0.4 is 5.32 Å². The first-order chi connectivity index (χ1) is 9.24. The van der Waals surface area contributed by atoms with Gasteiger partial charge in [0.05, 0.1) is 11.4 Å². The van der Waals surface area contributed by atoms with Crippen molar-refractivity contribution in [2.24, 2.45) is 0 Å². The first-order valence-corrected chi connectivity index (χ1v) is 6.55. The van der Waals surface area contributed by atoms with E-state index in [2.05, 4.69) is 21.4 Å². The van der Waals surface area contributed by atoms with Gasteiger partial charge in [0.15, 0.2) is 0 Å². The molecule has 1 aromatic carbocycles. The lowest BCUT2D eigenvalue weighted by Crippen LogP contribution is -2.19. The zero-order valence-corrected chi connectivity index (χ0v) is 10.9. The Hall–Kier alpha value is -1.94. The molecular weight excluding hydrogens is 238 g/mol. The highest BCUT2D eigenvalue weighted by Gasteiger charge is 2.23. The largest absolute Gasteiger partial charge is 0.508 e. The maximum Gasteiger partial charge on any atom is 0.119 e. The summed E-state index contributed by atoms with van der Waals surface area (Å²) in [5.74, 6) is 0.414. The molecule has 2 aromatic rings. The van der Waals surface area contributed by atoms with Gasteiger partial charge in [-0.25, -0.2) is 0 Å². The molecule has 0 amide bonds. The summed E-state index contributed by atoms with van der Waals surface area (Å²) in [5, 5.41) is 13.3. The van der Waals surface area contributed by atoms with Crippen LogP contribution in [0.5, 0.6) is 5.75 Å². The molecule has 1 heterocycles. The van der Waals surface area contributed by atoms with Crippen molar-refractivity contribution < 1.29 is 5.11 Å². The molecule has 19 heavy (non-hydrogen) atoms. The van der Waals surface area contributed by atoms with Gasteiger partial charge in [-0.1, -0.05) is 12.1 Å². The minimum Gasteiger partial charge on any atom is -0.508 e. The molecule has 98 valence electrons. The molecule has 1 atom stereocenters. The number of aryl methyl sites for hydroxylation is 1. The monoisotopic (exact) mass is 255 g/mol. The first-order valence-electron chi connectivity index (χ1n) is 6.55. The minimum atomic E-state index is 0.296. The number of rotatable bonds is 3. The number of hydrogen-bond donors (Lipinski definition) is 2. The predicted molar refractivity (Wildman–Crippen MR) is 72.8 cm³/mol. The maximum absolute atomic E-state index is 9.81. The van der Waals surface area contributed by atoms with Crippen LogP contribution in [0.4, 0.5) is 0 Å². The van der Waals surface area contributed by atoms with Crippen molar-refractivity contribution in [3.63, 3.8) is 0 Å². The number of fused-ring (bicyclic) bond motifs is 1. The molecule has 3 rings (SSSR count). The molecule has 0 saturated carbocycles. The second kappa shape index (κ2) is 4.97. The molecule has 0 spiro atoms. The summed E-state index contributed by atoms with van der Waals surface area (Å²) >= 11 is 0. The van der Waals surface area contributed by atoms with Crippen LogP contribution in [0.25, 0.3) is 0 Å². The van der Waals surface area contributed by atoms with E-state index in [-0.39, 0.29) is 0 Å². The van der Waals surface area contributed by atoms with Crippen molar-refractivity contribution >= 4 is 0 Å². The molecule has 1 aliphatic carbocycles. The van der Waals surface area contributed by atoms with Gasteiger partial charge in [-0.2, -0.15) is 0 Å². The highest BCUT2D eigenvalue weighted by atomic mass is 16.3. The molecule has 1 unspecified atom stereocenters. The number of aromatic hydroxyl groups is 1. The molecule has 0 saturated heterocycles. The molecule has 0 fully saturated rings. The molecule has 1 aromatic heterocycles. The number of nitrogens with one attached hydrogen (secondary N) is 1. The van der Waals surface area contributed by atoms with Crippen LogP contribution in [0.2, 0.25) is 0 Å². The Labute approximate surface area is 112 Å². The van der Waals surface area contributed by atoms with Crippen LogP contribution in [-0.2, 0) is 13.0 Å². The molecule has 0 bridgehead atoms. The average Bonchev–Trinajstić information content (AvgIpc) is 2.83. The SMILES string of the molecule is Cc1cnc(CNC2CCc3c(O)cccc32)cn1. The van der Waals surface area contributed by atoms with Crippen LogP contribution in [0.1, 0.15) is 35.0 Å². The van der Waals surface area contributed by atoms with Crippen molar-refractivity contribution in [3.8, 4) is 5.75 Å². The van der Waals surface area contributed by atoms with Gasteiger partial charge in [0.2, 0.25) is 0 Å².